The summed E-state index contributed by atoms with van der Waals surface area (Å²) in [7, 11) is 0. The van der Waals surface area contributed by atoms with E-state index in [0.717, 1.165) is 22.5 Å². The highest BCUT2D eigenvalue weighted by Crippen LogP contribution is 2.18. The number of aromatic nitrogens is 3. The molecule has 15 heavy (non-hydrogen) atoms. The molecule has 0 atom stereocenters. The molecule has 0 bridgehead atoms. The molecule has 2 aromatic rings. The second-order valence-electron chi connectivity index (χ2n) is 3.23. The van der Waals surface area contributed by atoms with Crippen molar-refractivity contribution in [3.8, 4) is 0 Å². The van der Waals surface area contributed by atoms with E-state index in [1.165, 1.54) is 0 Å². The molecule has 0 aliphatic rings. The molecule has 0 aliphatic heterocycles. The van der Waals surface area contributed by atoms with E-state index in [4.69, 9.17) is 5.73 Å². The molecule has 5 nitrogen and oxygen atoms in total. The summed E-state index contributed by atoms with van der Waals surface area (Å²) in [6.45, 7) is 3.14. The van der Waals surface area contributed by atoms with Gasteiger partial charge in [-0.05, 0) is 13.0 Å². The Labute approximate surface area is 87.8 Å². The lowest BCUT2D eigenvalue weighted by atomic mass is 10.3. The minimum atomic E-state index is 0.579. The summed E-state index contributed by atoms with van der Waals surface area (Å²) < 4.78 is 0. The fourth-order valence-corrected chi connectivity index (χ4v) is 1.42. The van der Waals surface area contributed by atoms with E-state index in [1.54, 1.807) is 12.4 Å². The van der Waals surface area contributed by atoms with Gasteiger partial charge < -0.3 is 11.1 Å². The third-order valence-electron chi connectivity index (χ3n) is 2.05. The first-order chi connectivity index (χ1) is 7.31. The Morgan fingerprint density at radius 1 is 1.40 bits per heavy atom. The minimum absolute atomic E-state index is 0.579. The highest BCUT2D eigenvalue weighted by molar-refractivity contribution is 5.88. The van der Waals surface area contributed by atoms with E-state index in [-0.39, 0.29) is 0 Å². The van der Waals surface area contributed by atoms with Gasteiger partial charge in [0.1, 0.15) is 11.6 Å². The maximum absolute atomic E-state index is 5.44. The zero-order valence-electron chi connectivity index (χ0n) is 8.57. The molecule has 0 aromatic carbocycles. The summed E-state index contributed by atoms with van der Waals surface area (Å²) in [5, 5.41) is 4.15. The normalized spacial score (nSPS) is 10.5. The summed E-state index contributed by atoms with van der Waals surface area (Å²) in [4.78, 5) is 12.7. The standard InChI is InChI=1S/C10H13N5/c1-7-14-9-6-12-4-2-8(9)10(15-7)13-5-3-11/h2,4,6H,3,5,11H2,1H3,(H,13,14,15). The Hall–Kier alpha value is -1.75. The fraction of sp³-hybridized carbons (Fsp3) is 0.300. The lowest BCUT2D eigenvalue weighted by Gasteiger charge is -2.07. The van der Waals surface area contributed by atoms with Gasteiger partial charge in [0.05, 0.1) is 11.7 Å². The van der Waals surface area contributed by atoms with E-state index >= 15 is 0 Å². The van der Waals surface area contributed by atoms with Gasteiger partial charge in [-0.1, -0.05) is 0 Å². The number of pyridine rings is 1. The number of nitrogens with one attached hydrogen (secondary N) is 1. The van der Waals surface area contributed by atoms with Crippen LogP contribution in [0.15, 0.2) is 18.5 Å². The highest BCUT2D eigenvalue weighted by atomic mass is 15.0. The number of hydrogen-bond donors (Lipinski definition) is 2. The van der Waals surface area contributed by atoms with Crippen LogP contribution in [-0.4, -0.2) is 28.0 Å². The van der Waals surface area contributed by atoms with E-state index in [9.17, 15) is 0 Å². The Morgan fingerprint density at radius 3 is 3.07 bits per heavy atom. The predicted octanol–water partition coefficient (Wildman–Crippen LogP) is 0.704. The van der Waals surface area contributed by atoms with Crippen LogP contribution in [0, 0.1) is 6.92 Å². The van der Waals surface area contributed by atoms with Gasteiger partial charge in [0, 0.05) is 24.7 Å². The molecule has 0 aliphatic carbocycles. The number of aryl methyl sites for hydroxylation is 1. The van der Waals surface area contributed by atoms with Crippen LogP contribution in [0.25, 0.3) is 10.9 Å². The molecule has 2 aromatic heterocycles. The second-order valence-corrected chi connectivity index (χ2v) is 3.23. The second kappa shape index (κ2) is 4.18. The molecular weight excluding hydrogens is 190 g/mol. The molecule has 0 saturated heterocycles. The van der Waals surface area contributed by atoms with Crippen LogP contribution < -0.4 is 11.1 Å². The van der Waals surface area contributed by atoms with Crippen LogP contribution in [-0.2, 0) is 0 Å². The number of hydrogen-bond acceptors (Lipinski definition) is 5. The fourth-order valence-electron chi connectivity index (χ4n) is 1.42. The molecule has 0 radical (unpaired) electrons. The Bertz CT molecular complexity index is 468. The van der Waals surface area contributed by atoms with Crippen LogP contribution in [0.5, 0.6) is 0 Å². The van der Waals surface area contributed by atoms with Crippen molar-refractivity contribution in [1.82, 2.24) is 15.0 Å². The largest absolute Gasteiger partial charge is 0.368 e. The first-order valence-corrected chi connectivity index (χ1v) is 4.83. The van der Waals surface area contributed by atoms with Gasteiger partial charge in [0.15, 0.2) is 0 Å². The molecular formula is C10H13N5. The zero-order chi connectivity index (χ0) is 10.7. The van der Waals surface area contributed by atoms with Crippen molar-refractivity contribution >= 4 is 16.7 Å². The number of fused-ring (bicyclic) bond motifs is 1. The molecule has 0 amide bonds. The van der Waals surface area contributed by atoms with Crippen LogP contribution in [0.2, 0.25) is 0 Å². The smallest absolute Gasteiger partial charge is 0.137 e. The molecule has 5 heteroatoms. The SMILES string of the molecule is Cc1nc(NCCN)c2ccncc2n1. The van der Waals surface area contributed by atoms with Crippen LogP contribution in [0.3, 0.4) is 0 Å². The lowest BCUT2D eigenvalue weighted by molar-refractivity contribution is 0.997. The summed E-state index contributed by atoms with van der Waals surface area (Å²) in [6.07, 6.45) is 3.46. The molecule has 2 heterocycles. The highest BCUT2D eigenvalue weighted by Gasteiger charge is 2.03. The molecule has 0 unspecified atom stereocenters. The summed E-state index contributed by atoms with van der Waals surface area (Å²) in [5.41, 5.74) is 6.29. The molecule has 0 fully saturated rings. The van der Waals surface area contributed by atoms with Crippen molar-refractivity contribution in [2.45, 2.75) is 6.92 Å². The number of rotatable bonds is 3. The Kier molecular flexibility index (Phi) is 2.73. The van der Waals surface area contributed by atoms with E-state index in [1.807, 2.05) is 13.0 Å². The van der Waals surface area contributed by atoms with Crippen LogP contribution >= 0.6 is 0 Å². The van der Waals surface area contributed by atoms with E-state index in [2.05, 4.69) is 20.3 Å². The van der Waals surface area contributed by atoms with Gasteiger partial charge in [-0.3, -0.25) is 4.98 Å². The molecule has 78 valence electrons. The lowest BCUT2D eigenvalue weighted by Crippen LogP contribution is -2.14. The van der Waals surface area contributed by atoms with Gasteiger partial charge >= 0.3 is 0 Å². The first-order valence-electron chi connectivity index (χ1n) is 4.83. The Balaban J connectivity index is 2.50. The molecule has 3 N–H and O–H groups in total. The molecule has 0 spiro atoms. The average molecular weight is 203 g/mol. The predicted molar refractivity (Wildman–Crippen MR) is 59.6 cm³/mol. The maximum atomic E-state index is 5.44. The quantitative estimate of drug-likeness (QED) is 0.768. The zero-order valence-corrected chi connectivity index (χ0v) is 8.57. The van der Waals surface area contributed by atoms with Crippen LogP contribution in [0.4, 0.5) is 5.82 Å². The average Bonchev–Trinajstić information content (AvgIpc) is 2.25. The van der Waals surface area contributed by atoms with Crippen molar-refractivity contribution in [1.29, 1.82) is 0 Å². The third-order valence-corrected chi connectivity index (χ3v) is 2.05. The Morgan fingerprint density at radius 2 is 2.27 bits per heavy atom. The minimum Gasteiger partial charge on any atom is -0.368 e. The van der Waals surface area contributed by atoms with E-state index < -0.39 is 0 Å². The van der Waals surface area contributed by atoms with Crippen molar-refractivity contribution < 1.29 is 0 Å². The van der Waals surface area contributed by atoms with Gasteiger partial charge in [-0.25, -0.2) is 9.97 Å². The van der Waals surface area contributed by atoms with Crippen LogP contribution in [0.1, 0.15) is 5.82 Å². The van der Waals surface area contributed by atoms with E-state index in [0.29, 0.717) is 13.1 Å². The monoisotopic (exact) mass is 203 g/mol. The van der Waals surface area contributed by atoms with Crippen molar-refractivity contribution in [2.75, 3.05) is 18.4 Å². The summed E-state index contributed by atoms with van der Waals surface area (Å²) in [5.74, 6) is 1.56. The van der Waals surface area contributed by atoms with Gasteiger partial charge in [-0.2, -0.15) is 0 Å². The van der Waals surface area contributed by atoms with Crippen molar-refractivity contribution in [3.05, 3.63) is 24.3 Å². The van der Waals surface area contributed by atoms with Gasteiger partial charge in [-0.15, -0.1) is 0 Å². The number of nitrogens with zero attached hydrogens (tertiary/aromatic N) is 3. The summed E-state index contributed by atoms with van der Waals surface area (Å²) in [6, 6.07) is 1.90. The topological polar surface area (TPSA) is 76.7 Å². The number of nitrogens with two attached hydrogens (primary N) is 1. The number of anilines is 1. The third kappa shape index (κ3) is 2.02. The van der Waals surface area contributed by atoms with Gasteiger partial charge in [0.2, 0.25) is 0 Å². The summed E-state index contributed by atoms with van der Waals surface area (Å²) >= 11 is 0. The molecule has 2 rings (SSSR count). The van der Waals surface area contributed by atoms with Crippen molar-refractivity contribution in [3.63, 3.8) is 0 Å². The van der Waals surface area contributed by atoms with Crippen molar-refractivity contribution in [2.24, 2.45) is 5.73 Å². The van der Waals surface area contributed by atoms with Gasteiger partial charge in [0.25, 0.3) is 0 Å². The maximum Gasteiger partial charge on any atom is 0.137 e. The first kappa shape index (κ1) is 9.79. The molecule has 0 saturated carbocycles.